The number of fused-ring (bicyclic) bond motifs is 1. The molecule has 1 fully saturated rings. The van der Waals surface area contributed by atoms with Crippen molar-refractivity contribution in [2.45, 2.75) is 30.7 Å². The molecule has 3 aromatic rings. The van der Waals surface area contributed by atoms with Crippen molar-refractivity contribution in [3.63, 3.8) is 0 Å². The van der Waals surface area contributed by atoms with E-state index >= 15 is 0 Å². The Bertz CT molecular complexity index is 1150. The summed E-state index contributed by atoms with van der Waals surface area (Å²) in [7, 11) is 0. The highest BCUT2D eigenvalue weighted by Crippen LogP contribution is 2.35. The molecule has 1 aromatic heterocycles. The van der Waals surface area contributed by atoms with Crippen LogP contribution in [0.4, 0.5) is 5.69 Å². The number of benzene rings is 2. The maximum atomic E-state index is 11.9. The summed E-state index contributed by atoms with van der Waals surface area (Å²) in [4.78, 5) is 16.5. The summed E-state index contributed by atoms with van der Waals surface area (Å²) in [6.45, 7) is 4.33. The molecule has 2 aliphatic heterocycles. The first-order valence-electron chi connectivity index (χ1n) is 11.9. The Balaban J connectivity index is 1.33. The number of nitrogens with one attached hydrogen (secondary N) is 2. The Morgan fingerprint density at radius 3 is 2.68 bits per heavy atom. The number of pyridine rings is 1. The van der Waals surface area contributed by atoms with Crippen LogP contribution in [-0.2, 0) is 21.4 Å². The predicted molar refractivity (Wildman–Crippen MR) is 132 cm³/mol. The van der Waals surface area contributed by atoms with Crippen LogP contribution in [0.15, 0.2) is 72.9 Å². The molecule has 3 heterocycles. The first-order valence-corrected chi connectivity index (χ1v) is 11.9. The van der Waals surface area contributed by atoms with E-state index in [0.29, 0.717) is 5.92 Å². The van der Waals surface area contributed by atoms with Crippen LogP contribution in [0.2, 0.25) is 0 Å². The first kappa shape index (κ1) is 22.6. The number of carbonyl (C=O) groups is 1. The van der Waals surface area contributed by atoms with Crippen molar-refractivity contribution in [3.05, 3.63) is 95.3 Å². The maximum Gasteiger partial charge on any atom is 0.318 e. The van der Waals surface area contributed by atoms with Gasteiger partial charge in [0.15, 0.2) is 0 Å². The van der Waals surface area contributed by atoms with Gasteiger partial charge in [-0.3, -0.25) is 9.78 Å². The normalized spacial score (nSPS) is 20.3. The second-order valence-electron chi connectivity index (χ2n) is 9.55. The second kappa shape index (κ2) is 9.57. The van der Waals surface area contributed by atoms with Crippen molar-refractivity contribution >= 4 is 11.7 Å². The van der Waals surface area contributed by atoms with Crippen LogP contribution in [-0.4, -0.2) is 42.4 Å². The molecule has 5 rings (SSSR count). The van der Waals surface area contributed by atoms with Gasteiger partial charge in [0.1, 0.15) is 5.41 Å². The van der Waals surface area contributed by atoms with Gasteiger partial charge in [-0.15, -0.1) is 0 Å². The third kappa shape index (κ3) is 4.31. The van der Waals surface area contributed by atoms with E-state index in [-0.39, 0.29) is 25.2 Å². The Labute approximate surface area is 200 Å². The first-order chi connectivity index (χ1) is 16.6. The molecule has 3 atom stereocenters. The molecule has 1 unspecified atom stereocenters. The van der Waals surface area contributed by atoms with Crippen molar-refractivity contribution < 1.29 is 14.6 Å². The Kier molecular flexibility index (Phi) is 6.35. The highest BCUT2D eigenvalue weighted by Gasteiger charge is 2.48. The molecular formula is C28H31N3O3. The van der Waals surface area contributed by atoms with Crippen LogP contribution in [0.1, 0.15) is 41.3 Å². The van der Waals surface area contributed by atoms with Crippen molar-refractivity contribution in [1.29, 1.82) is 0 Å². The van der Waals surface area contributed by atoms with Gasteiger partial charge in [0.05, 0.1) is 24.6 Å². The van der Waals surface area contributed by atoms with E-state index in [9.17, 15) is 9.90 Å². The van der Waals surface area contributed by atoms with Gasteiger partial charge in [-0.05, 0) is 41.2 Å². The van der Waals surface area contributed by atoms with Gasteiger partial charge in [0.2, 0.25) is 0 Å². The Morgan fingerprint density at radius 2 is 1.94 bits per heavy atom. The summed E-state index contributed by atoms with van der Waals surface area (Å²) < 4.78 is 5.27. The summed E-state index contributed by atoms with van der Waals surface area (Å²) >= 11 is 0. The molecule has 1 saturated heterocycles. The molecular weight excluding hydrogens is 426 g/mol. The second-order valence-corrected chi connectivity index (χ2v) is 9.55. The average Bonchev–Trinajstić information content (AvgIpc) is 2.84. The molecule has 2 aromatic carbocycles. The minimum Gasteiger partial charge on any atom is -0.480 e. The number of carboxylic acid groups (broad SMARTS) is 1. The summed E-state index contributed by atoms with van der Waals surface area (Å²) in [5.41, 5.74) is 4.56. The van der Waals surface area contributed by atoms with Gasteiger partial charge in [-0.25, -0.2) is 0 Å². The lowest BCUT2D eigenvalue weighted by molar-refractivity contribution is -0.163. The standard InChI is InChI=1S/C28H31N3O3/c1-19(21-9-5-10-23(13-21)28(27(32)33)17-34-18-28)15-31-26(20-7-3-2-4-8-20)22-14-25-24(30-16-22)11-6-12-29-25/h2-13,19,22,26,30-31H,14-18H2,1H3,(H,32,33)/t19?,22-,26-/m1/s1. The van der Waals surface area contributed by atoms with Gasteiger partial charge in [-0.1, -0.05) is 61.5 Å². The number of aromatic nitrogens is 1. The number of ether oxygens (including phenoxy) is 1. The van der Waals surface area contributed by atoms with Crippen molar-refractivity contribution in [2.75, 3.05) is 31.6 Å². The van der Waals surface area contributed by atoms with Gasteiger partial charge in [0, 0.05) is 31.2 Å². The molecule has 176 valence electrons. The van der Waals surface area contributed by atoms with Crippen molar-refractivity contribution in [1.82, 2.24) is 10.3 Å². The summed E-state index contributed by atoms with van der Waals surface area (Å²) in [5.74, 6) is -0.227. The van der Waals surface area contributed by atoms with Crippen LogP contribution >= 0.6 is 0 Å². The van der Waals surface area contributed by atoms with E-state index in [1.807, 2.05) is 36.5 Å². The lowest BCUT2D eigenvalue weighted by Gasteiger charge is -2.38. The minimum atomic E-state index is -0.913. The average molecular weight is 458 g/mol. The fourth-order valence-corrected chi connectivity index (χ4v) is 5.06. The number of aliphatic carboxylic acids is 1. The van der Waals surface area contributed by atoms with Crippen molar-refractivity contribution in [3.8, 4) is 0 Å². The Morgan fingerprint density at radius 1 is 1.15 bits per heavy atom. The molecule has 0 spiro atoms. The number of rotatable bonds is 8. The van der Waals surface area contributed by atoms with E-state index in [0.717, 1.165) is 42.0 Å². The SMILES string of the molecule is CC(CN[C@H](c1ccccc1)[C@H]1CNc2cccnc2C1)c1cccc(C2(C(=O)O)COC2)c1. The smallest absolute Gasteiger partial charge is 0.318 e. The number of hydrogen-bond acceptors (Lipinski definition) is 5. The molecule has 2 aliphatic rings. The molecule has 3 N–H and O–H groups in total. The predicted octanol–water partition coefficient (Wildman–Crippen LogP) is 4.15. The number of hydrogen-bond donors (Lipinski definition) is 3. The molecule has 0 saturated carbocycles. The van der Waals surface area contributed by atoms with E-state index in [1.165, 1.54) is 5.56 Å². The highest BCUT2D eigenvalue weighted by molar-refractivity contribution is 5.83. The fourth-order valence-electron chi connectivity index (χ4n) is 5.06. The molecule has 6 heteroatoms. The summed E-state index contributed by atoms with van der Waals surface area (Å²) in [6, 6.07) is 22.8. The van der Waals surface area contributed by atoms with E-state index < -0.39 is 11.4 Å². The molecule has 6 nitrogen and oxygen atoms in total. The zero-order valence-electron chi connectivity index (χ0n) is 19.4. The summed E-state index contributed by atoms with van der Waals surface area (Å²) in [6.07, 6.45) is 2.78. The number of carboxylic acids is 1. The zero-order chi connectivity index (χ0) is 23.5. The fraction of sp³-hybridized carbons (Fsp3) is 0.357. The third-order valence-corrected chi connectivity index (χ3v) is 7.29. The topological polar surface area (TPSA) is 83.5 Å². The van der Waals surface area contributed by atoms with Crippen molar-refractivity contribution in [2.24, 2.45) is 5.92 Å². The van der Waals surface area contributed by atoms with Crippen LogP contribution in [0, 0.1) is 5.92 Å². The Hall–Kier alpha value is -3.22. The zero-order valence-corrected chi connectivity index (χ0v) is 19.4. The van der Waals surface area contributed by atoms with Crippen LogP contribution in [0.25, 0.3) is 0 Å². The maximum absolute atomic E-state index is 11.9. The molecule has 0 amide bonds. The lowest BCUT2D eigenvalue weighted by Crippen LogP contribution is -2.53. The lowest BCUT2D eigenvalue weighted by atomic mass is 9.77. The third-order valence-electron chi connectivity index (χ3n) is 7.29. The largest absolute Gasteiger partial charge is 0.480 e. The van der Waals surface area contributed by atoms with E-state index in [1.54, 1.807) is 0 Å². The quantitative estimate of drug-likeness (QED) is 0.471. The van der Waals surface area contributed by atoms with Gasteiger partial charge < -0.3 is 20.5 Å². The van der Waals surface area contributed by atoms with Gasteiger partial charge in [0.25, 0.3) is 0 Å². The van der Waals surface area contributed by atoms with E-state index in [2.05, 4.69) is 58.9 Å². The van der Waals surface area contributed by atoms with Crippen LogP contribution < -0.4 is 10.6 Å². The van der Waals surface area contributed by atoms with Gasteiger partial charge in [-0.2, -0.15) is 0 Å². The minimum absolute atomic E-state index is 0.180. The number of anilines is 1. The van der Waals surface area contributed by atoms with Gasteiger partial charge >= 0.3 is 5.97 Å². The molecule has 0 aliphatic carbocycles. The monoisotopic (exact) mass is 457 g/mol. The molecule has 0 radical (unpaired) electrons. The summed E-state index contributed by atoms with van der Waals surface area (Å²) in [5, 5.41) is 17.2. The molecule has 34 heavy (non-hydrogen) atoms. The molecule has 0 bridgehead atoms. The number of nitrogens with zero attached hydrogens (tertiary/aromatic N) is 1. The van der Waals surface area contributed by atoms with E-state index in [4.69, 9.17) is 4.74 Å². The van der Waals surface area contributed by atoms with Crippen LogP contribution in [0.5, 0.6) is 0 Å². The highest BCUT2D eigenvalue weighted by atomic mass is 16.5. The van der Waals surface area contributed by atoms with Crippen LogP contribution in [0.3, 0.4) is 0 Å².